The minimum absolute atomic E-state index is 0.0819. The fourth-order valence-corrected chi connectivity index (χ4v) is 4.12. The molecular formula is C21H14N4O2S. The summed E-state index contributed by atoms with van der Waals surface area (Å²) in [6.45, 7) is 7.90. The number of rotatable bonds is 5. The summed E-state index contributed by atoms with van der Waals surface area (Å²) in [6.07, 6.45) is 5.51. The van der Waals surface area contributed by atoms with E-state index in [-0.39, 0.29) is 10.6 Å². The largest absolute Gasteiger partial charge is 0.343 e. The Hall–Kier alpha value is -3.63. The molecule has 0 spiro atoms. The van der Waals surface area contributed by atoms with Gasteiger partial charge in [-0.05, 0) is 23.8 Å². The van der Waals surface area contributed by atoms with Crippen molar-refractivity contribution < 1.29 is 4.92 Å². The van der Waals surface area contributed by atoms with Crippen LogP contribution in [0.2, 0.25) is 0 Å². The van der Waals surface area contributed by atoms with Crippen molar-refractivity contribution in [2.45, 2.75) is 16.3 Å². The van der Waals surface area contributed by atoms with Gasteiger partial charge in [0.25, 0.3) is 5.69 Å². The smallest absolute Gasteiger partial charge is 0.283 e. The highest BCUT2D eigenvalue weighted by Crippen LogP contribution is 2.40. The molecule has 0 aliphatic heterocycles. The van der Waals surface area contributed by atoms with Crippen LogP contribution >= 0.6 is 11.8 Å². The van der Waals surface area contributed by atoms with Gasteiger partial charge in [-0.1, -0.05) is 42.1 Å². The van der Waals surface area contributed by atoms with Crippen LogP contribution in [0.25, 0.3) is 15.7 Å². The Bertz CT molecular complexity index is 1210. The number of hydrogen-bond donors (Lipinski definition) is 0. The van der Waals surface area contributed by atoms with E-state index in [2.05, 4.69) is 14.4 Å². The molecule has 0 aliphatic rings. The molecule has 0 amide bonds. The van der Waals surface area contributed by atoms with Crippen molar-refractivity contribution >= 4 is 34.0 Å². The molecule has 4 aromatic rings. The average molecular weight is 386 g/mol. The SMILES string of the molecule is [C-]#[N+]c1ccc2c(Sc3ccccc3[N+](=O)[O-])cn(Cc3cccnc3)c2c1. The van der Waals surface area contributed by atoms with Gasteiger partial charge in [0.2, 0.25) is 0 Å². The van der Waals surface area contributed by atoms with Crippen LogP contribution < -0.4 is 0 Å². The lowest BCUT2D eigenvalue weighted by molar-refractivity contribution is -0.387. The number of aromatic nitrogens is 2. The predicted octanol–water partition coefficient (Wildman–Crippen LogP) is 5.69. The van der Waals surface area contributed by atoms with E-state index in [1.165, 1.54) is 17.8 Å². The summed E-state index contributed by atoms with van der Waals surface area (Å²) in [6, 6.07) is 16.1. The van der Waals surface area contributed by atoms with Gasteiger partial charge in [0, 0.05) is 47.0 Å². The first-order valence-corrected chi connectivity index (χ1v) is 9.28. The topological polar surface area (TPSA) is 65.3 Å². The number of nitro groups is 1. The van der Waals surface area contributed by atoms with E-state index in [1.54, 1.807) is 36.7 Å². The van der Waals surface area contributed by atoms with Crippen LogP contribution in [0.1, 0.15) is 5.56 Å². The molecule has 0 aliphatic carbocycles. The quantitative estimate of drug-likeness (QED) is 0.251. The first-order chi connectivity index (χ1) is 13.7. The maximum atomic E-state index is 11.4. The molecular weight excluding hydrogens is 372 g/mol. The molecule has 0 saturated heterocycles. The maximum Gasteiger partial charge on any atom is 0.283 e. The fourth-order valence-electron chi connectivity index (χ4n) is 3.03. The third-order valence-corrected chi connectivity index (χ3v) is 5.43. The summed E-state index contributed by atoms with van der Waals surface area (Å²) < 4.78 is 2.05. The summed E-state index contributed by atoms with van der Waals surface area (Å²) >= 11 is 1.36. The molecule has 4 rings (SSSR count). The Morgan fingerprint density at radius 2 is 2.00 bits per heavy atom. The van der Waals surface area contributed by atoms with Gasteiger partial charge in [-0.25, -0.2) is 4.85 Å². The zero-order valence-corrected chi connectivity index (χ0v) is 15.5. The van der Waals surface area contributed by atoms with Crippen molar-refractivity contribution in [3.05, 3.63) is 100 Å². The third kappa shape index (κ3) is 3.46. The van der Waals surface area contributed by atoms with E-state index in [1.807, 2.05) is 30.5 Å². The zero-order chi connectivity index (χ0) is 19.5. The molecule has 2 aromatic carbocycles. The van der Waals surface area contributed by atoms with Crippen LogP contribution in [0.15, 0.2) is 83.0 Å². The van der Waals surface area contributed by atoms with Crippen molar-refractivity contribution in [3.63, 3.8) is 0 Å². The van der Waals surface area contributed by atoms with E-state index in [9.17, 15) is 10.1 Å². The number of pyridine rings is 1. The summed E-state index contributed by atoms with van der Waals surface area (Å²) in [5.74, 6) is 0. The van der Waals surface area contributed by atoms with Crippen molar-refractivity contribution in [1.29, 1.82) is 0 Å². The molecule has 28 heavy (non-hydrogen) atoms. The van der Waals surface area contributed by atoms with Crippen LogP contribution in [0.4, 0.5) is 11.4 Å². The molecule has 0 unspecified atom stereocenters. The van der Waals surface area contributed by atoms with Gasteiger partial charge >= 0.3 is 0 Å². The van der Waals surface area contributed by atoms with Crippen LogP contribution in [0, 0.1) is 16.7 Å². The molecule has 2 aromatic heterocycles. The monoisotopic (exact) mass is 386 g/mol. The van der Waals surface area contributed by atoms with E-state index in [4.69, 9.17) is 6.57 Å². The third-order valence-electron chi connectivity index (χ3n) is 4.32. The molecule has 136 valence electrons. The Balaban J connectivity index is 1.81. The van der Waals surface area contributed by atoms with Gasteiger partial charge in [0.05, 0.1) is 16.4 Å². The molecule has 0 N–H and O–H groups in total. The van der Waals surface area contributed by atoms with E-state index in [0.29, 0.717) is 17.1 Å². The molecule has 2 heterocycles. The molecule has 6 nitrogen and oxygen atoms in total. The standard InChI is InChI=1S/C21H14N4O2S/c1-22-16-8-9-17-19(11-16)24(13-15-5-4-10-23-12-15)14-21(17)28-20-7-3-2-6-18(20)25(26)27/h2-12,14H,13H2. The molecule has 0 bridgehead atoms. The lowest BCUT2D eigenvalue weighted by atomic mass is 10.2. The highest BCUT2D eigenvalue weighted by molar-refractivity contribution is 7.99. The number of fused-ring (bicyclic) bond motifs is 1. The van der Waals surface area contributed by atoms with Crippen molar-refractivity contribution in [2.24, 2.45) is 0 Å². The number of nitro benzene ring substituents is 1. The zero-order valence-electron chi connectivity index (χ0n) is 14.6. The van der Waals surface area contributed by atoms with Crippen molar-refractivity contribution in [3.8, 4) is 0 Å². The molecule has 0 saturated carbocycles. The van der Waals surface area contributed by atoms with Crippen LogP contribution in [-0.2, 0) is 6.54 Å². The molecule has 7 heteroatoms. The maximum absolute atomic E-state index is 11.4. The van der Waals surface area contributed by atoms with Gasteiger partial charge < -0.3 is 4.57 Å². The number of nitrogens with zero attached hydrogens (tertiary/aromatic N) is 4. The van der Waals surface area contributed by atoms with Gasteiger partial charge in [0.1, 0.15) is 0 Å². The summed E-state index contributed by atoms with van der Waals surface area (Å²) in [5.41, 5.74) is 2.59. The van der Waals surface area contributed by atoms with E-state index < -0.39 is 0 Å². The van der Waals surface area contributed by atoms with Crippen molar-refractivity contribution in [1.82, 2.24) is 9.55 Å². The number of benzene rings is 2. The summed E-state index contributed by atoms with van der Waals surface area (Å²) in [5, 5.41) is 12.3. The van der Waals surface area contributed by atoms with Crippen LogP contribution in [0.3, 0.4) is 0 Å². The normalized spacial score (nSPS) is 10.7. The van der Waals surface area contributed by atoms with Crippen LogP contribution in [-0.4, -0.2) is 14.5 Å². The fraction of sp³-hybridized carbons (Fsp3) is 0.0476. The lowest BCUT2D eigenvalue weighted by Gasteiger charge is -2.05. The Morgan fingerprint density at radius 3 is 2.75 bits per heavy atom. The summed E-state index contributed by atoms with van der Waals surface area (Å²) in [4.78, 5) is 20.2. The Labute approximate surface area is 165 Å². The second kappa shape index (κ2) is 7.55. The minimum Gasteiger partial charge on any atom is -0.343 e. The molecule has 0 fully saturated rings. The average Bonchev–Trinajstić information content (AvgIpc) is 3.05. The lowest BCUT2D eigenvalue weighted by Crippen LogP contribution is -1.97. The molecule has 0 radical (unpaired) electrons. The Morgan fingerprint density at radius 1 is 1.14 bits per heavy atom. The van der Waals surface area contributed by atoms with E-state index in [0.717, 1.165) is 21.4 Å². The first-order valence-electron chi connectivity index (χ1n) is 8.46. The van der Waals surface area contributed by atoms with Gasteiger partial charge in [-0.15, -0.1) is 0 Å². The van der Waals surface area contributed by atoms with Gasteiger partial charge in [0.15, 0.2) is 5.69 Å². The minimum atomic E-state index is -0.367. The van der Waals surface area contributed by atoms with Gasteiger partial charge in [-0.2, -0.15) is 0 Å². The predicted molar refractivity (Wildman–Crippen MR) is 109 cm³/mol. The van der Waals surface area contributed by atoms with Gasteiger partial charge in [-0.3, -0.25) is 15.1 Å². The number of para-hydroxylation sites is 1. The van der Waals surface area contributed by atoms with Crippen LogP contribution in [0.5, 0.6) is 0 Å². The second-order valence-corrected chi connectivity index (χ2v) is 7.21. The highest BCUT2D eigenvalue weighted by atomic mass is 32.2. The Kier molecular flexibility index (Phi) is 4.79. The number of hydrogen-bond acceptors (Lipinski definition) is 4. The van der Waals surface area contributed by atoms with Crippen molar-refractivity contribution in [2.75, 3.05) is 0 Å². The first kappa shape index (κ1) is 17.8. The summed E-state index contributed by atoms with van der Waals surface area (Å²) in [7, 11) is 0. The second-order valence-electron chi connectivity index (χ2n) is 6.12. The van der Waals surface area contributed by atoms with E-state index >= 15 is 0 Å². The highest BCUT2D eigenvalue weighted by Gasteiger charge is 2.17. The molecule has 0 atom stereocenters.